The molecule has 0 fully saturated rings. The number of hydrogen-bond acceptors (Lipinski definition) is 6. The third-order valence-corrected chi connectivity index (χ3v) is 4.14. The maximum atomic E-state index is 11.9. The first-order valence-corrected chi connectivity index (χ1v) is 10.1. The summed E-state index contributed by atoms with van der Waals surface area (Å²) in [5, 5.41) is 18.6. The Morgan fingerprint density at radius 3 is 2.31 bits per heavy atom. The summed E-state index contributed by atoms with van der Waals surface area (Å²) in [7, 11) is -3.67. The first-order chi connectivity index (χ1) is 11.9. The lowest BCUT2D eigenvalue weighted by molar-refractivity contribution is 0.0976. The van der Waals surface area contributed by atoms with E-state index in [2.05, 4.69) is 5.32 Å². The van der Waals surface area contributed by atoms with Crippen molar-refractivity contribution < 1.29 is 22.9 Å². The van der Waals surface area contributed by atoms with Crippen molar-refractivity contribution in [1.82, 2.24) is 5.32 Å². The van der Waals surface area contributed by atoms with E-state index in [0.29, 0.717) is 31.6 Å². The van der Waals surface area contributed by atoms with E-state index in [1.54, 1.807) is 18.2 Å². The molecule has 0 atom stereocenters. The molecule has 2 rings (SSSR count). The zero-order valence-electron chi connectivity index (χ0n) is 13.3. The van der Waals surface area contributed by atoms with Gasteiger partial charge in [-0.1, -0.05) is 23.2 Å². The number of carbonyl (C=O) groups is 1. The summed E-state index contributed by atoms with van der Waals surface area (Å²) in [6, 6.07) is 6.53. The average Bonchev–Trinajstić information content (AvgIpc) is 2.83. The highest BCUT2D eigenvalue weighted by molar-refractivity contribution is 7.85. The molecule has 0 unspecified atom stereocenters. The lowest BCUT2D eigenvalue weighted by Gasteiger charge is -2.08. The number of carbonyl (C=O) groups excluding carboxylic acids is 1. The smallest absolute Gasteiger partial charge is 0.261 e. The summed E-state index contributed by atoms with van der Waals surface area (Å²) in [5.41, 5.74) is 7.29. The number of nitrogens with one attached hydrogen (secondary N) is 2. The normalized spacial score (nSPS) is 10.7. The number of benzene rings is 1. The van der Waals surface area contributed by atoms with Gasteiger partial charge in [-0.15, -0.1) is 11.3 Å². The third kappa shape index (κ3) is 7.68. The van der Waals surface area contributed by atoms with Crippen LogP contribution >= 0.6 is 34.5 Å². The van der Waals surface area contributed by atoms with E-state index in [-0.39, 0.29) is 12.2 Å². The summed E-state index contributed by atoms with van der Waals surface area (Å²) in [4.78, 5) is 11.9. The fraction of sp³-hybridized carbons (Fsp3) is 0.143. The Labute approximate surface area is 163 Å². The predicted octanol–water partition coefficient (Wildman–Crippen LogP) is 2.34. The van der Waals surface area contributed by atoms with Crippen LogP contribution in [0.5, 0.6) is 0 Å². The molecule has 1 aromatic heterocycles. The van der Waals surface area contributed by atoms with E-state index >= 15 is 0 Å². The lowest BCUT2D eigenvalue weighted by Crippen LogP contribution is -2.35. The molecular formula is C14H15Cl2N3O5S2. The number of aliphatic hydroxyl groups is 1. The summed E-state index contributed by atoms with van der Waals surface area (Å²) in [6.45, 7) is -0.232. The Balaban J connectivity index is 0.000000597. The molecule has 1 amide bonds. The first kappa shape index (κ1) is 22.4. The van der Waals surface area contributed by atoms with E-state index in [1.165, 1.54) is 17.4 Å². The molecule has 0 aliphatic heterocycles. The van der Waals surface area contributed by atoms with Gasteiger partial charge >= 0.3 is 0 Å². The molecule has 0 spiro atoms. The van der Waals surface area contributed by atoms with Gasteiger partial charge in [-0.2, -0.15) is 8.42 Å². The molecule has 0 saturated heterocycles. The number of thiophene rings is 1. The van der Waals surface area contributed by atoms with Gasteiger partial charge in [0, 0.05) is 11.1 Å². The molecule has 0 radical (unpaired) electrons. The van der Waals surface area contributed by atoms with Crippen molar-refractivity contribution in [2.75, 3.05) is 6.26 Å². The van der Waals surface area contributed by atoms with Crippen LogP contribution in [0.25, 0.3) is 11.1 Å². The maximum absolute atomic E-state index is 11.9. The molecule has 0 saturated carbocycles. The quantitative estimate of drug-likeness (QED) is 0.281. The Bertz CT molecular complexity index is 921. The topological polar surface area (TPSA) is 154 Å². The summed E-state index contributed by atoms with van der Waals surface area (Å²) < 4.78 is 26.9. The molecule has 2 aromatic rings. The van der Waals surface area contributed by atoms with Crippen molar-refractivity contribution >= 4 is 56.5 Å². The van der Waals surface area contributed by atoms with E-state index < -0.39 is 22.0 Å². The van der Waals surface area contributed by atoms with Crippen LogP contribution in [0.15, 0.2) is 24.3 Å². The largest absolute Gasteiger partial charge is 0.392 e. The van der Waals surface area contributed by atoms with Crippen LogP contribution in [0.3, 0.4) is 0 Å². The molecule has 142 valence electrons. The van der Waals surface area contributed by atoms with Crippen LogP contribution in [0.1, 0.15) is 15.9 Å². The van der Waals surface area contributed by atoms with Gasteiger partial charge in [0.25, 0.3) is 16.0 Å². The molecule has 6 N–H and O–H groups in total. The lowest BCUT2D eigenvalue weighted by atomic mass is 10.0. The highest BCUT2D eigenvalue weighted by Gasteiger charge is 2.14. The zero-order chi connectivity index (χ0) is 20.1. The standard InChI is InChI=1S/C13H11Cl2N3O2S.CH4O3S/c14-10-4-9(11(15)21-10)7-1-6(5-19)2-8(3-7)12(20)18-13(16)17;1-5(2,3)4/h1-4,19H,5H2,(H4,16,17,18,20);1H3,(H,2,3,4). The van der Waals surface area contributed by atoms with E-state index in [4.69, 9.17) is 38.9 Å². The summed E-state index contributed by atoms with van der Waals surface area (Å²) in [5.74, 6) is -0.982. The number of guanidine groups is 1. The van der Waals surface area contributed by atoms with Gasteiger partial charge in [-0.25, -0.2) is 0 Å². The number of nitrogens with two attached hydrogens (primary N) is 1. The van der Waals surface area contributed by atoms with Crippen molar-refractivity contribution in [1.29, 1.82) is 5.41 Å². The molecule has 12 heteroatoms. The monoisotopic (exact) mass is 439 g/mol. The Morgan fingerprint density at radius 2 is 1.88 bits per heavy atom. The minimum atomic E-state index is -3.67. The zero-order valence-corrected chi connectivity index (χ0v) is 16.4. The second kappa shape index (κ2) is 9.31. The highest BCUT2D eigenvalue weighted by atomic mass is 35.5. The van der Waals surface area contributed by atoms with Crippen LogP contribution < -0.4 is 11.1 Å². The SMILES string of the molecule is CS(=O)(=O)O.N=C(N)NC(=O)c1cc(CO)cc(-c2cc(Cl)sc2Cl)c1. The number of aliphatic hydroxyl groups excluding tert-OH is 1. The van der Waals surface area contributed by atoms with Crippen molar-refractivity contribution in [3.8, 4) is 11.1 Å². The second-order valence-electron chi connectivity index (χ2n) is 4.92. The van der Waals surface area contributed by atoms with Crippen LogP contribution in [0.2, 0.25) is 8.67 Å². The van der Waals surface area contributed by atoms with E-state index in [0.717, 1.165) is 0 Å². The Hall–Kier alpha value is -1.69. The second-order valence-corrected chi connectivity index (χ2v) is 8.67. The van der Waals surface area contributed by atoms with Gasteiger partial charge in [0.15, 0.2) is 5.96 Å². The fourth-order valence-corrected chi connectivity index (χ4v) is 3.31. The van der Waals surface area contributed by atoms with Gasteiger partial charge < -0.3 is 10.8 Å². The van der Waals surface area contributed by atoms with Crippen LogP contribution in [-0.2, 0) is 16.7 Å². The number of hydrogen-bond donors (Lipinski definition) is 5. The van der Waals surface area contributed by atoms with Crippen LogP contribution in [0.4, 0.5) is 0 Å². The first-order valence-electron chi connectivity index (χ1n) is 6.68. The minimum Gasteiger partial charge on any atom is -0.392 e. The van der Waals surface area contributed by atoms with E-state index in [1.807, 2.05) is 0 Å². The molecule has 0 aliphatic carbocycles. The molecule has 0 aliphatic rings. The number of halogens is 2. The van der Waals surface area contributed by atoms with Gasteiger partial charge in [0.05, 0.1) is 17.2 Å². The van der Waals surface area contributed by atoms with E-state index in [9.17, 15) is 18.3 Å². The molecule has 0 bridgehead atoms. The average molecular weight is 440 g/mol. The maximum Gasteiger partial charge on any atom is 0.261 e. The minimum absolute atomic E-state index is 0.232. The number of amides is 1. The van der Waals surface area contributed by atoms with Gasteiger partial charge in [0.2, 0.25) is 0 Å². The molecular weight excluding hydrogens is 425 g/mol. The predicted molar refractivity (Wildman–Crippen MR) is 103 cm³/mol. The molecule has 1 aromatic carbocycles. The van der Waals surface area contributed by atoms with Crippen molar-refractivity contribution in [2.24, 2.45) is 5.73 Å². The van der Waals surface area contributed by atoms with Crippen molar-refractivity contribution in [2.45, 2.75) is 6.61 Å². The summed E-state index contributed by atoms with van der Waals surface area (Å²) >= 11 is 13.2. The molecule has 26 heavy (non-hydrogen) atoms. The fourth-order valence-electron chi connectivity index (χ4n) is 1.80. The van der Waals surface area contributed by atoms with Gasteiger partial charge in [0.1, 0.15) is 4.34 Å². The van der Waals surface area contributed by atoms with Crippen LogP contribution in [0, 0.1) is 5.41 Å². The Kier molecular flexibility index (Phi) is 8.00. The van der Waals surface area contributed by atoms with Gasteiger partial charge in [-0.3, -0.25) is 20.1 Å². The third-order valence-electron chi connectivity index (χ3n) is 2.65. The highest BCUT2D eigenvalue weighted by Crippen LogP contribution is 2.38. The molecule has 1 heterocycles. The molecule has 8 nitrogen and oxygen atoms in total. The van der Waals surface area contributed by atoms with Crippen molar-refractivity contribution in [3.05, 3.63) is 44.1 Å². The van der Waals surface area contributed by atoms with Gasteiger partial charge in [-0.05, 0) is 35.4 Å². The Morgan fingerprint density at radius 1 is 1.31 bits per heavy atom. The summed E-state index contributed by atoms with van der Waals surface area (Å²) in [6.07, 6.45) is 0.715. The number of rotatable bonds is 3. The van der Waals surface area contributed by atoms with Crippen molar-refractivity contribution in [3.63, 3.8) is 0 Å². The van der Waals surface area contributed by atoms with Crippen LogP contribution in [-0.4, -0.2) is 36.2 Å².